The molecule has 1 N–H and O–H groups in total. The van der Waals surface area contributed by atoms with Crippen LogP contribution in [0.1, 0.15) is 0 Å². The Hall–Kier alpha value is -1.84. The topological polar surface area (TPSA) is 20.2 Å². The van der Waals surface area contributed by atoms with Crippen molar-refractivity contribution in [1.82, 2.24) is 0 Å². The summed E-state index contributed by atoms with van der Waals surface area (Å²) in [6.45, 7) is 0. The van der Waals surface area contributed by atoms with E-state index in [1.54, 1.807) is 0 Å². The van der Waals surface area contributed by atoms with E-state index < -0.39 is 13.6 Å². The van der Waals surface area contributed by atoms with Gasteiger partial charge in [0.05, 0.1) is 0 Å². The Morgan fingerprint density at radius 2 is 0.700 bits per heavy atom. The Morgan fingerprint density at radius 3 is 0.950 bits per heavy atom. The minimum absolute atomic E-state index is 1.06. The summed E-state index contributed by atoms with van der Waals surface area (Å²) in [6.07, 6.45) is 0. The number of benzene rings is 3. The molecule has 0 aliphatic rings. The molecule has 0 aliphatic heterocycles. The van der Waals surface area contributed by atoms with E-state index in [9.17, 15) is 4.13 Å². The molecule has 0 radical (unpaired) electrons. The van der Waals surface area contributed by atoms with E-state index in [0.29, 0.717) is 0 Å². The molecule has 0 aliphatic carbocycles. The van der Waals surface area contributed by atoms with Gasteiger partial charge in [-0.15, -0.1) is 0 Å². The van der Waals surface area contributed by atoms with Crippen LogP contribution in [0.2, 0.25) is 0 Å². The van der Waals surface area contributed by atoms with Crippen molar-refractivity contribution < 1.29 is 4.13 Å². The van der Waals surface area contributed by atoms with Gasteiger partial charge in [-0.05, 0) is 0 Å². The van der Waals surface area contributed by atoms with Crippen molar-refractivity contribution in [2.75, 3.05) is 0 Å². The minimum atomic E-state index is -3.49. The quantitative estimate of drug-likeness (QED) is 0.728. The second-order valence-corrected chi connectivity index (χ2v) is 11.4. The summed E-state index contributed by atoms with van der Waals surface area (Å²) in [5.41, 5.74) is 0. The van der Waals surface area contributed by atoms with Crippen LogP contribution in [0.15, 0.2) is 91.0 Å². The summed E-state index contributed by atoms with van der Waals surface area (Å²) >= 11 is -3.49. The molecular formula is C18H16GeO. The van der Waals surface area contributed by atoms with Gasteiger partial charge in [-0.25, -0.2) is 0 Å². The molecule has 1 nitrogen and oxygen atoms in total. The number of hydrogen-bond donors (Lipinski definition) is 1. The third-order valence-corrected chi connectivity index (χ3v) is 10.9. The maximum atomic E-state index is 11.6. The third-order valence-electron chi connectivity index (χ3n) is 3.57. The van der Waals surface area contributed by atoms with Gasteiger partial charge in [0.25, 0.3) is 0 Å². The Labute approximate surface area is 122 Å². The zero-order chi connectivity index (χ0) is 13.8. The monoisotopic (exact) mass is 322 g/mol. The normalized spacial score (nSPS) is 11.2. The Kier molecular flexibility index (Phi) is 3.72. The zero-order valence-corrected chi connectivity index (χ0v) is 13.2. The molecule has 0 bridgehead atoms. The molecule has 0 fully saturated rings. The van der Waals surface area contributed by atoms with Crippen LogP contribution in [0.3, 0.4) is 0 Å². The van der Waals surface area contributed by atoms with Crippen molar-refractivity contribution in [3.05, 3.63) is 91.0 Å². The first kappa shape index (κ1) is 13.2. The molecule has 0 aromatic heterocycles. The second-order valence-electron chi connectivity index (χ2n) is 4.81. The van der Waals surface area contributed by atoms with Crippen LogP contribution < -0.4 is 13.2 Å². The van der Waals surface area contributed by atoms with Gasteiger partial charge in [0.2, 0.25) is 0 Å². The van der Waals surface area contributed by atoms with Crippen molar-refractivity contribution in [1.29, 1.82) is 0 Å². The Morgan fingerprint density at radius 1 is 0.450 bits per heavy atom. The van der Waals surface area contributed by atoms with E-state index in [0.717, 1.165) is 13.2 Å². The molecule has 3 rings (SSSR count). The summed E-state index contributed by atoms with van der Waals surface area (Å²) in [5.74, 6) is 0. The molecule has 0 amide bonds. The van der Waals surface area contributed by atoms with Crippen LogP contribution in [0.4, 0.5) is 0 Å². The average molecular weight is 321 g/mol. The summed E-state index contributed by atoms with van der Waals surface area (Å²) in [5, 5.41) is 0. The van der Waals surface area contributed by atoms with Crippen molar-refractivity contribution in [2.45, 2.75) is 0 Å². The SMILES string of the molecule is [OH][Ge]([c]1ccccc1)([c]1ccccc1)[c]1ccccc1. The van der Waals surface area contributed by atoms with Gasteiger partial charge in [-0.1, -0.05) is 0 Å². The molecular weight excluding hydrogens is 305 g/mol. The van der Waals surface area contributed by atoms with Crippen LogP contribution in [0, 0.1) is 0 Å². The first-order valence-electron chi connectivity index (χ1n) is 6.71. The van der Waals surface area contributed by atoms with Gasteiger partial charge in [0.1, 0.15) is 0 Å². The Bertz CT molecular complexity index is 569. The van der Waals surface area contributed by atoms with E-state index >= 15 is 0 Å². The summed E-state index contributed by atoms with van der Waals surface area (Å²) in [7, 11) is 0. The summed E-state index contributed by atoms with van der Waals surface area (Å²) in [4.78, 5) is 0. The van der Waals surface area contributed by atoms with Crippen LogP contribution in [-0.2, 0) is 0 Å². The van der Waals surface area contributed by atoms with E-state index in [4.69, 9.17) is 0 Å². The van der Waals surface area contributed by atoms with E-state index in [-0.39, 0.29) is 0 Å². The molecule has 0 heterocycles. The molecule has 0 unspecified atom stereocenters. The Balaban J connectivity index is 2.24. The number of rotatable bonds is 3. The van der Waals surface area contributed by atoms with Crippen LogP contribution in [0.5, 0.6) is 0 Å². The van der Waals surface area contributed by atoms with Gasteiger partial charge in [-0.3, -0.25) is 0 Å². The third kappa shape index (κ3) is 2.30. The fraction of sp³-hybridized carbons (Fsp3) is 0. The standard InChI is InChI=1S/C18H16GeO/c20-19(16-10-4-1-5-11-16,17-12-6-2-7-13-17)18-14-8-3-9-15-18/h1-15,20H. The molecule has 20 heavy (non-hydrogen) atoms. The van der Waals surface area contributed by atoms with Gasteiger partial charge in [0.15, 0.2) is 0 Å². The molecule has 0 spiro atoms. The molecule has 2 heteroatoms. The van der Waals surface area contributed by atoms with Gasteiger partial charge in [-0.2, -0.15) is 0 Å². The van der Waals surface area contributed by atoms with Crippen LogP contribution in [-0.4, -0.2) is 17.7 Å². The van der Waals surface area contributed by atoms with Crippen molar-refractivity contribution in [3.8, 4) is 0 Å². The van der Waals surface area contributed by atoms with Gasteiger partial charge in [0, 0.05) is 0 Å². The molecule has 0 atom stereocenters. The molecule has 98 valence electrons. The van der Waals surface area contributed by atoms with E-state index in [2.05, 4.69) is 0 Å². The fourth-order valence-electron chi connectivity index (χ4n) is 2.54. The molecule has 3 aromatic carbocycles. The van der Waals surface area contributed by atoms with Crippen LogP contribution in [0.25, 0.3) is 0 Å². The fourth-order valence-corrected chi connectivity index (χ4v) is 8.88. The van der Waals surface area contributed by atoms with Crippen molar-refractivity contribution in [2.24, 2.45) is 0 Å². The van der Waals surface area contributed by atoms with E-state index in [1.165, 1.54) is 0 Å². The zero-order valence-electron chi connectivity index (χ0n) is 11.1. The summed E-state index contributed by atoms with van der Waals surface area (Å²) < 4.78 is 14.8. The second kappa shape index (κ2) is 5.65. The van der Waals surface area contributed by atoms with Gasteiger partial charge >= 0.3 is 122 Å². The van der Waals surface area contributed by atoms with Crippen LogP contribution >= 0.6 is 0 Å². The molecule has 0 saturated carbocycles. The van der Waals surface area contributed by atoms with Crippen molar-refractivity contribution in [3.63, 3.8) is 0 Å². The first-order valence-corrected chi connectivity index (χ1v) is 10.8. The molecule has 0 saturated heterocycles. The summed E-state index contributed by atoms with van der Waals surface area (Å²) in [6, 6.07) is 30.2. The number of hydrogen-bond acceptors (Lipinski definition) is 1. The van der Waals surface area contributed by atoms with Gasteiger partial charge < -0.3 is 0 Å². The molecule has 3 aromatic rings. The maximum absolute atomic E-state index is 11.6. The average Bonchev–Trinajstić information content (AvgIpc) is 2.56. The predicted octanol–water partition coefficient (Wildman–Crippen LogP) is 1.65. The van der Waals surface area contributed by atoms with E-state index in [1.807, 2.05) is 91.0 Å². The first-order chi connectivity index (χ1) is 9.82. The predicted molar refractivity (Wildman–Crippen MR) is 86.2 cm³/mol. The van der Waals surface area contributed by atoms with Crippen molar-refractivity contribution >= 4 is 26.8 Å².